The van der Waals surface area contributed by atoms with Gasteiger partial charge in [-0.25, -0.2) is 9.59 Å². The maximum atomic E-state index is 12.0. The molecule has 0 fully saturated rings. The van der Waals surface area contributed by atoms with E-state index in [4.69, 9.17) is 10.8 Å². The van der Waals surface area contributed by atoms with Crippen LogP contribution in [0.5, 0.6) is 0 Å². The van der Waals surface area contributed by atoms with Crippen LogP contribution in [0.15, 0.2) is 0 Å². The Morgan fingerprint density at radius 2 is 1.75 bits per heavy atom. The first-order valence-corrected chi connectivity index (χ1v) is 6.87. The van der Waals surface area contributed by atoms with E-state index in [-0.39, 0.29) is 5.92 Å². The van der Waals surface area contributed by atoms with E-state index >= 15 is 0 Å². The number of primary amides is 1. The molecule has 0 aromatic carbocycles. The van der Waals surface area contributed by atoms with E-state index in [9.17, 15) is 14.4 Å². The zero-order valence-electron chi connectivity index (χ0n) is 12.3. The van der Waals surface area contributed by atoms with Gasteiger partial charge in [-0.15, -0.1) is 0 Å². The third kappa shape index (κ3) is 7.60. The number of carboxylic acids is 1. The van der Waals surface area contributed by atoms with Gasteiger partial charge < -0.3 is 21.5 Å². The van der Waals surface area contributed by atoms with Gasteiger partial charge in [-0.3, -0.25) is 4.79 Å². The molecule has 2 atom stereocenters. The number of nitrogens with one attached hydrogen (secondary N) is 2. The van der Waals surface area contributed by atoms with Crippen LogP contribution in [0, 0.1) is 5.92 Å². The van der Waals surface area contributed by atoms with Gasteiger partial charge in [-0.05, 0) is 18.8 Å². The smallest absolute Gasteiger partial charge is 0.326 e. The summed E-state index contributed by atoms with van der Waals surface area (Å²) in [7, 11) is 0. The third-order valence-corrected chi connectivity index (χ3v) is 2.80. The lowest BCUT2D eigenvalue weighted by atomic mass is 10.0. The highest BCUT2D eigenvalue weighted by molar-refractivity contribution is 5.89. The van der Waals surface area contributed by atoms with Gasteiger partial charge in [-0.2, -0.15) is 0 Å². The largest absolute Gasteiger partial charge is 0.480 e. The zero-order valence-corrected chi connectivity index (χ0v) is 12.3. The Kier molecular flexibility index (Phi) is 8.35. The molecule has 5 N–H and O–H groups in total. The standard InChI is InChI=1S/C13H25N3O4/c1-4-5-6-9(16-13(14)20)11(17)15-10(12(18)19)7-8(2)3/h8-10H,4-7H2,1-3H3,(H,15,17)(H,18,19)(H3,14,16,20). The summed E-state index contributed by atoms with van der Waals surface area (Å²) in [6, 6.07) is -2.54. The van der Waals surface area contributed by atoms with Crippen LogP contribution in [0.4, 0.5) is 4.79 Å². The fourth-order valence-electron chi connectivity index (χ4n) is 1.81. The molecule has 0 bridgehead atoms. The van der Waals surface area contributed by atoms with E-state index in [1.807, 2.05) is 20.8 Å². The zero-order chi connectivity index (χ0) is 15.7. The van der Waals surface area contributed by atoms with Gasteiger partial charge in [0, 0.05) is 0 Å². The van der Waals surface area contributed by atoms with Crippen molar-refractivity contribution < 1.29 is 19.5 Å². The number of amides is 3. The Morgan fingerprint density at radius 1 is 1.15 bits per heavy atom. The van der Waals surface area contributed by atoms with Crippen molar-refractivity contribution in [1.29, 1.82) is 0 Å². The first kappa shape index (κ1) is 18.2. The minimum absolute atomic E-state index is 0.134. The second-order valence-electron chi connectivity index (χ2n) is 5.23. The van der Waals surface area contributed by atoms with Crippen LogP contribution in [0.1, 0.15) is 46.5 Å². The number of unbranched alkanes of at least 4 members (excludes halogenated alkanes) is 1. The summed E-state index contributed by atoms with van der Waals surface area (Å²) in [5, 5.41) is 13.9. The van der Waals surface area contributed by atoms with E-state index in [1.165, 1.54) is 0 Å². The second-order valence-corrected chi connectivity index (χ2v) is 5.23. The molecule has 20 heavy (non-hydrogen) atoms. The molecule has 7 nitrogen and oxygen atoms in total. The highest BCUT2D eigenvalue weighted by Gasteiger charge is 2.26. The molecule has 7 heteroatoms. The maximum absolute atomic E-state index is 12.0. The number of hydrogen-bond acceptors (Lipinski definition) is 3. The molecular weight excluding hydrogens is 262 g/mol. The summed E-state index contributed by atoms with van der Waals surface area (Å²) in [5.74, 6) is -1.46. The minimum Gasteiger partial charge on any atom is -0.480 e. The van der Waals surface area contributed by atoms with Crippen molar-refractivity contribution in [2.75, 3.05) is 0 Å². The van der Waals surface area contributed by atoms with Gasteiger partial charge in [-0.1, -0.05) is 33.6 Å². The molecular formula is C13H25N3O4. The van der Waals surface area contributed by atoms with Gasteiger partial charge in [0.05, 0.1) is 0 Å². The first-order chi connectivity index (χ1) is 9.27. The van der Waals surface area contributed by atoms with E-state index in [1.54, 1.807) is 0 Å². The van der Waals surface area contributed by atoms with Crippen molar-refractivity contribution in [3.63, 3.8) is 0 Å². The summed E-state index contributed by atoms with van der Waals surface area (Å²) < 4.78 is 0. The van der Waals surface area contributed by atoms with Gasteiger partial charge in [0.2, 0.25) is 5.91 Å². The number of urea groups is 1. The SMILES string of the molecule is CCCCC(NC(N)=O)C(=O)NC(CC(C)C)C(=O)O. The Bertz CT molecular complexity index is 345. The molecule has 0 rings (SSSR count). The Morgan fingerprint density at radius 3 is 2.15 bits per heavy atom. The van der Waals surface area contributed by atoms with E-state index < -0.39 is 30.0 Å². The van der Waals surface area contributed by atoms with E-state index in [0.717, 1.165) is 12.8 Å². The summed E-state index contributed by atoms with van der Waals surface area (Å²) >= 11 is 0. The lowest BCUT2D eigenvalue weighted by Crippen LogP contribution is -2.52. The fraction of sp³-hybridized carbons (Fsp3) is 0.769. The highest BCUT2D eigenvalue weighted by atomic mass is 16.4. The summed E-state index contributed by atoms with van der Waals surface area (Å²) in [6.45, 7) is 5.70. The van der Waals surface area contributed by atoms with Gasteiger partial charge in [0.15, 0.2) is 0 Å². The number of carbonyl (C=O) groups is 3. The number of carbonyl (C=O) groups excluding carboxylic acids is 2. The fourth-order valence-corrected chi connectivity index (χ4v) is 1.81. The van der Waals surface area contributed by atoms with Crippen LogP contribution in [0.25, 0.3) is 0 Å². The minimum atomic E-state index is -1.08. The lowest BCUT2D eigenvalue weighted by Gasteiger charge is -2.21. The molecule has 2 unspecified atom stereocenters. The molecule has 0 aliphatic heterocycles. The topological polar surface area (TPSA) is 122 Å². The third-order valence-electron chi connectivity index (χ3n) is 2.80. The molecule has 0 radical (unpaired) electrons. The number of aliphatic carboxylic acids is 1. The normalized spacial score (nSPS) is 13.6. The monoisotopic (exact) mass is 287 g/mol. The van der Waals surface area contributed by atoms with Crippen LogP contribution in [0.3, 0.4) is 0 Å². The van der Waals surface area contributed by atoms with Crippen molar-refractivity contribution in [1.82, 2.24) is 10.6 Å². The summed E-state index contributed by atoms with van der Waals surface area (Å²) in [4.78, 5) is 34.0. The average molecular weight is 287 g/mol. The number of nitrogens with two attached hydrogens (primary N) is 1. The lowest BCUT2D eigenvalue weighted by molar-refractivity contribution is -0.142. The van der Waals surface area contributed by atoms with Crippen molar-refractivity contribution in [3.8, 4) is 0 Å². The predicted octanol–water partition coefficient (Wildman–Crippen LogP) is 0.829. The van der Waals surface area contributed by atoms with Crippen molar-refractivity contribution >= 4 is 17.9 Å². The van der Waals surface area contributed by atoms with Gasteiger partial charge in [0.25, 0.3) is 0 Å². The molecule has 0 aromatic heterocycles. The van der Waals surface area contributed by atoms with Gasteiger partial charge >= 0.3 is 12.0 Å². The van der Waals surface area contributed by atoms with E-state index in [0.29, 0.717) is 12.8 Å². The van der Waals surface area contributed by atoms with Gasteiger partial charge in [0.1, 0.15) is 12.1 Å². The molecule has 0 saturated heterocycles. The van der Waals surface area contributed by atoms with Crippen molar-refractivity contribution in [2.24, 2.45) is 11.7 Å². The highest BCUT2D eigenvalue weighted by Crippen LogP contribution is 2.07. The first-order valence-electron chi connectivity index (χ1n) is 6.87. The molecule has 0 heterocycles. The Hall–Kier alpha value is -1.79. The quantitative estimate of drug-likeness (QED) is 0.501. The van der Waals surface area contributed by atoms with Crippen LogP contribution in [0.2, 0.25) is 0 Å². The predicted molar refractivity (Wildman–Crippen MR) is 75.1 cm³/mol. The maximum Gasteiger partial charge on any atom is 0.326 e. The molecule has 3 amide bonds. The molecule has 0 saturated carbocycles. The Labute approximate surface area is 119 Å². The molecule has 116 valence electrons. The number of rotatable bonds is 9. The molecule has 0 aliphatic rings. The Balaban J connectivity index is 4.68. The van der Waals surface area contributed by atoms with Crippen LogP contribution >= 0.6 is 0 Å². The van der Waals surface area contributed by atoms with Crippen molar-refractivity contribution in [3.05, 3.63) is 0 Å². The molecule has 0 aliphatic carbocycles. The van der Waals surface area contributed by atoms with Crippen LogP contribution in [-0.4, -0.2) is 35.1 Å². The van der Waals surface area contributed by atoms with Crippen LogP contribution in [-0.2, 0) is 9.59 Å². The summed E-state index contributed by atoms with van der Waals surface area (Å²) in [5.41, 5.74) is 5.03. The van der Waals surface area contributed by atoms with Crippen molar-refractivity contribution in [2.45, 2.75) is 58.5 Å². The van der Waals surface area contributed by atoms with E-state index in [2.05, 4.69) is 10.6 Å². The summed E-state index contributed by atoms with van der Waals surface area (Å²) in [6.07, 6.45) is 2.36. The molecule has 0 aromatic rings. The van der Waals surface area contributed by atoms with Crippen LogP contribution < -0.4 is 16.4 Å². The number of carboxylic acid groups (broad SMARTS) is 1. The number of hydrogen-bond donors (Lipinski definition) is 4. The molecule has 0 spiro atoms. The second kappa shape index (κ2) is 9.17. The average Bonchev–Trinajstić information content (AvgIpc) is 2.32.